The van der Waals surface area contributed by atoms with Crippen LogP contribution in [0, 0.1) is 0 Å². The van der Waals surface area contributed by atoms with Crippen molar-refractivity contribution >= 4 is 10.0 Å². The summed E-state index contributed by atoms with van der Waals surface area (Å²) in [6.07, 6.45) is 5.50. The maximum absolute atomic E-state index is 11.7. The van der Waals surface area contributed by atoms with Gasteiger partial charge in [-0.2, -0.15) is 0 Å². The summed E-state index contributed by atoms with van der Waals surface area (Å²) >= 11 is 0. The van der Waals surface area contributed by atoms with E-state index in [2.05, 4.69) is 9.62 Å². The molecule has 0 aromatic carbocycles. The van der Waals surface area contributed by atoms with Crippen LogP contribution in [-0.4, -0.2) is 44.2 Å². The van der Waals surface area contributed by atoms with Gasteiger partial charge in [-0.05, 0) is 45.7 Å². The molecule has 4 nitrogen and oxygen atoms in total. The minimum absolute atomic E-state index is 0.0451. The molecule has 2 rings (SSSR count). The number of rotatable bonds is 5. The number of hydrogen-bond donors (Lipinski definition) is 1. The molecular weight excluding hydrogens is 224 g/mol. The molecule has 1 aliphatic carbocycles. The first kappa shape index (κ1) is 12.3. The fourth-order valence-corrected chi connectivity index (χ4v) is 3.91. The van der Waals surface area contributed by atoms with Gasteiger partial charge in [0.25, 0.3) is 0 Å². The Kier molecular flexibility index (Phi) is 3.87. The van der Waals surface area contributed by atoms with E-state index in [9.17, 15) is 8.42 Å². The van der Waals surface area contributed by atoms with Crippen LogP contribution in [0.25, 0.3) is 0 Å². The van der Waals surface area contributed by atoms with Gasteiger partial charge in [0.15, 0.2) is 0 Å². The van der Waals surface area contributed by atoms with Crippen LogP contribution in [0.15, 0.2) is 0 Å². The number of hydrogen-bond acceptors (Lipinski definition) is 3. The number of nitrogens with zero attached hydrogens (tertiary/aromatic N) is 1. The molecule has 1 saturated heterocycles. The van der Waals surface area contributed by atoms with Gasteiger partial charge in [-0.15, -0.1) is 0 Å². The molecule has 1 aliphatic heterocycles. The SMILES string of the molecule is C[C@@H](CN1CCCCC1)NS(=O)(=O)C1CC1. The van der Waals surface area contributed by atoms with Crippen molar-refractivity contribution in [3.8, 4) is 0 Å². The monoisotopic (exact) mass is 246 g/mol. The highest BCUT2D eigenvalue weighted by Gasteiger charge is 2.36. The third-order valence-corrected chi connectivity index (χ3v) is 5.39. The fraction of sp³-hybridized carbons (Fsp3) is 1.00. The van der Waals surface area contributed by atoms with Crippen molar-refractivity contribution in [1.29, 1.82) is 0 Å². The smallest absolute Gasteiger partial charge is 0.214 e. The Morgan fingerprint density at radius 1 is 1.25 bits per heavy atom. The predicted molar refractivity (Wildman–Crippen MR) is 64.8 cm³/mol. The Bertz CT molecular complexity index is 319. The highest BCUT2D eigenvalue weighted by atomic mass is 32.2. The second-order valence-electron chi connectivity index (χ2n) is 5.12. The van der Waals surface area contributed by atoms with Crippen LogP contribution in [0.3, 0.4) is 0 Å². The van der Waals surface area contributed by atoms with Crippen LogP contribution in [0.5, 0.6) is 0 Å². The van der Waals surface area contributed by atoms with Crippen molar-refractivity contribution in [3.05, 3.63) is 0 Å². The average Bonchev–Trinajstić information content (AvgIpc) is 3.01. The van der Waals surface area contributed by atoms with Crippen molar-refractivity contribution in [3.63, 3.8) is 0 Å². The summed E-state index contributed by atoms with van der Waals surface area (Å²) in [7, 11) is -3.01. The second kappa shape index (κ2) is 5.02. The van der Waals surface area contributed by atoms with Crippen LogP contribution >= 0.6 is 0 Å². The third kappa shape index (κ3) is 3.43. The van der Waals surface area contributed by atoms with Crippen molar-refractivity contribution in [1.82, 2.24) is 9.62 Å². The molecule has 0 radical (unpaired) electrons. The lowest BCUT2D eigenvalue weighted by Gasteiger charge is -2.29. The van der Waals surface area contributed by atoms with E-state index >= 15 is 0 Å². The summed E-state index contributed by atoms with van der Waals surface area (Å²) in [5, 5.41) is -0.101. The van der Waals surface area contributed by atoms with Gasteiger partial charge < -0.3 is 4.90 Å². The first-order valence-corrected chi connectivity index (χ1v) is 7.86. The Hall–Kier alpha value is -0.130. The number of nitrogens with one attached hydrogen (secondary N) is 1. The van der Waals surface area contributed by atoms with E-state index in [1.54, 1.807) is 0 Å². The normalized spacial score (nSPS) is 25.6. The summed E-state index contributed by atoms with van der Waals surface area (Å²) in [5.74, 6) is 0. The van der Waals surface area contributed by atoms with Gasteiger partial charge in [0.2, 0.25) is 10.0 Å². The molecular formula is C11H22N2O2S. The van der Waals surface area contributed by atoms with Crippen molar-refractivity contribution in [2.24, 2.45) is 0 Å². The number of sulfonamides is 1. The Morgan fingerprint density at radius 3 is 2.44 bits per heavy atom. The molecule has 2 aliphatic rings. The summed E-state index contributed by atoms with van der Waals surface area (Å²) in [4.78, 5) is 2.36. The molecule has 94 valence electrons. The van der Waals surface area contributed by atoms with Crippen LogP contribution in [0.4, 0.5) is 0 Å². The zero-order chi connectivity index (χ0) is 11.6. The highest BCUT2D eigenvalue weighted by molar-refractivity contribution is 7.90. The van der Waals surface area contributed by atoms with Crippen LogP contribution in [0.1, 0.15) is 39.0 Å². The standard InChI is InChI=1S/C11H22N2O2S/c1-10(9-13-7-3-2-4-8-13)12-16(14,15)11-5-6-11/h10-12H,2-9H2,1H3/t10-/m0/s1. The molecule has 2 fully saturated rings. The largest absolute Gasteiger partial charge is 0.302 e. The molecule has 0 amide bonds. The second-order valence-corrected chi connectivity index (χ2v) is 7.12. The highest BCUT2D eigenvalue weighted by Crippen LogP contribution is 2.27. The summed E-state index contributed by atoms with van der Waals surface area (Å²) in [5.41, 5.74) is 0. The van der Waals surface area contributed by atoms with E-state index in [-0.39, 0.29) is 11.3 Å². The van der Waals surface area contributed by atoms with E-state index in [1.165, 1.54) is 19.3 Å². The van der Waals surface area contributed by atoms with Crippen molar-refractivity contribution in [2.45, 2.75) is 50.3 Å². The molecule has 1 N–H and O–H groups in total. The predicted octanol–water partition coefficient (Wildman–Crippen LogP) is 0.943. The number of piperidine rings is 1. The summed E-state index contributed by atoms with van der Waals surface area (Å²) < 4.78 is 26.2. The minimum Gasteiger partial charge on any atom is -0.302 e. The quantitative estimate of drug-likeness (QED) is 0.785. The Balaban J connectivity index is 1.76. The molecule has 0 spiro atoms. The molecule has 0 unspecified atom stereocenters. The zero-order valence-electron chi connectivity index (χ0n) is 9.98. The molecule has 1 heterocycles. The number of likely N-dealkylation sites (tertiary alicyclic amines) is 1. The lowest BCUT2D eigenvalue weighted by Crippen LogP contribution is -2.44. The van der Waals surface area contributed by atoms with Crippen molar-refractivity contribution < 1.29 is 8.42 Å². The lowest BCUT2D eigenvalue weighted by atomic mass is 10.1. The topological polar surface area (TPSA) is 49.4 Å². The average molecular weight is 246 g/mol. The van der Waals surface area contributed by atoms with Gasteiger partial charge in [0.1, 0.15) is 0 Å². The molecule has 1 atom stereocenters. The molecule has 5 heteroatoms. The molecule has 0 bridgehead atoms. The van der Waals surface area contributed by atoms with E-state index in [0.29, 0.717) is 0 Å². The third-order valence-electron chi connectivity index (χ3n) is 3.31. The molecule has 16 heavy (non-hydrogen) atoms. The first-order chi connectivity index (χ1) is 7.58. The maximum atomic E-state index is 11.7. The van der Waals surface area contributed by atoms with Gasteiger partial charge in [-0.1, -0.05) is 6.42 Å². The Morgan fingerprint density at radius 2 is 1.88 bits per heavy atom. The lowest BCUT2D eigenvalue weighted by molar-refractivity contribution is 0.215. The summed E-state index contributed by atoms with van der Waals surface area (Å²) in [6.45, 7) is 5.06. The van der Waals surface area contributed by atoms with Gasteiger partial charge in [0, 0.05) is 12.6 Å². The van der Waals surface area contributed by atoms with E-state index < -0.39 is 10.0 Å². The molecule has 0 aromatic heterocycles. The van der Waals surface area contributed by atoms with Crippen molar-refractivity contribution in [2.75, 3.05) is 19.6 Å². The maximum Gasteiger partial charge on any atom is 0.214 e. The van der Waals surface area contributed by atoms with Crippen LogP contribution < -0.4 is 4.72 Å². The van der Waals surface area contributed by atoms with E-state index in [0.717, 1.165) is 32.5 Å². The van der Waals surface area contributed by atoms with Gasteiger partial charge in [0.05, 0.1) is 5.25 Å². The van der Waals surface area contributed by atoms with E-state index in [1.807, 2.05) is 6.92 Å². The minimum atomic E-state index is -3.01. The van der Waals surface area contributed by atoms with Gasteiger partial charge in [-0.3, -0.25) is 0 Å². The van der Waals surface area contributed by atoms with Gasteiger partial charge >= 0.3 is 0 Å². The molecule has 0 aromatic rings. The first-order valence-electron chi connectivity index (χ1n) is 6.31. The Labute approximate surface area is 98.4 Å². The van der Waals surface area contributed by atoms with E-state index in [4.69, 9.17) is 0 Å². The van der Waals surface area contributed by atoms with Gasteiger partial charge in [-0.25, -0.2) is 13.1 Å². The van der Waals surface area contributed by atoms with Crippen LogP contribution in [0.2, 0.25) is 0 Å². The molecule has 1 saturated carbocycles. The fourth-order valence-electron chi connectivity index (χ4n) is 2.32. The zero-order valence-corrected chi connectivity index (χ0v) is 10.8. The van der Waals surface area contributed by atoms with Crippen LogP contribution in [-0.2, 0) is 10.0 Å². The summed E-state index contributed by atoms with van der Waals surface area (Å²) in [6, 6.07) is 0.0451.